The number of anilines is 1. The van der Waals surface area contributed by atoms with Gasteiger partial charge < -0.3 is 9.64 Å². The van der Waals surface area contributed by atoms with E-state index >= 15 is 0 Å². The molecule has 0 saturated carbocycles. The summed E-state index contributed by atoms with van der Waals surface area (Å²) in [7, 11) is 1.68. The van der Waals surface area contributed by atoms with E-state index in [1.54, 1.807) is 7.11 Å². The Bertz CT molecular complexity index is 362. The molecule has 1 aliphatic rings. The van der Waals surface area contributed by atoms with Gasteiger partial charge in [0.2, 0.25) is 5.91 Å². The number of carbonyl (C=O) groups excluding carboxylic acids is 1. The Morgan fingerprint density at radius 2 is 2.20 bits per heavy atom. The Morgan fingerprint density at radius 1 is 1.40 bits per heavy atom. The summed E-state index contributed by atoms with van der Waals surface area (Å²) in [5.41, 5.74) is 2.21. The van der Waals surface area contributed by atoms with Gasteiger partial charge in [0.05, 0.1) is 6.42 Å². The molecule has 3 heteroatoms. The zero-order valence-electron chi connectivity index (χ0n) is 8.90. The molecular weight excluding hydrogens is 190 g/mol. The molecule has 1 aromatic rings. The largest absolute Gasteiger partial charge is 0.385 e. The molecular formula is C12H15NO2. The lowest BCUT2D eigenvalue weighted by Crippen LogP contribution is -2.28. The zero-order valence-corrected chi connectivity index (χ0v) is 8.90. The molecule has 15 heavy (non-hydrogen) atoms. The predicted molar refractivity (Wildman–Crippen MR) is 59.0 cm³/mol. The van der Waals surface area contributed by atoms with E-state index in [9.17, 15) is 4.79 Å². The number of para-hydroxylation sites is 1. The second-order valence-electron chi connectivity index (χ2n) is 3.70. The minimum Gasteiger partial charge on any atom is -0.385 e. The van der Waals surface area contributed by atoms with E-state index in [1.165, 1.54) is 0 Å². The molecule has 0 fully saturated rings. The van der Waals surface area contributed by atoms with Gasteiger partial charge in [-0.15, -0.1) is 0 Å². The highest BCUT2D eigenvalue weighted by molar-refractivity contribution is 6.01. The first kappa shape index (κ1) is 10.2. The molecule has 80 valence electrons. The smallest absolute Gasteiger partial charge is 0.231 e. The maximum atomic E-state index is 11.7. The van der Waals surface area contributed by atoms with Gasteiger partial charge in [0, 0.05) is 25.9 Å². The van der Waals surface area contributed by atoms with Crippen molar-refractivity contribution >= 4 is 11.6 Å². The number of ether oxygens (including phenoxy) is 1. The lowest BCUT2D eigenvalue weighted by atomic mass is 10.2. The Kier molecular flexibility index (Phi) is 3.02. The van der Waals surface area contributed by atoms with E-state index in [2.05, 4.69) is 0 Å². The summed E-state index contributed by atoms with van der Waals surface area (Å²) in [5.74, 6) is 0.201. The van der Waals surface area contributed by atoms with Crippen molar-refractivity contribution in [1.29, 1.82) is 0 Å². The molecule has 0 unspecified atom stereocenters. The molecule has 0 aromatic heterocycles. The van der Waals surface area contributed by atoms with Crippen molar-refractivity contribution in [2.45, 2.75) is 12.8 Å². The first-order valence-electron chi connectivity index (χ1n) is 5.20. The van der Waals surface area contributed by atoms with Gasteiger partial charge in [-0.25, -0.2) is 0 Å². The van der Waals surface area contributed by atoms with Crippen molar-refractivity contribution in [2.75, 3.05) is 25.2 Å². The standard InChI is InChI=1S/C12H15NO2/c1-15-8-4-7-13-11-6-3-2-5-10(11)9-12(13)14/h2-3,5-6H,4,7-9H2,1H3. The van der Waals surface area contributed by atoms with Crippen molar-refractivity contribution in [3.8, 4) is 0 Å². The average molecular weight is 205 g/mol. The molecule has 2 rings (SSSR count). The number of hydrogen-bond donors (Lipinski definition) is 0. The Hall–Kier alpha value is -1.35. The van der Waals surface area contributed by atoms with E-state index in [-0.39, 0.29) is 5.91 Å². The van der Waals surface area contributed by atoms with E-state index in [0.29, 0.717) is 13.0 Å². The van der Waals surface area contributed by atoms with Crippen LogP contribution in [0.25, 0.3) is 0 Å². The number of carbonyl (C=O) groups is 1. The van der Waals surface area contributed by atoms with Crippen LogP contribution in [0.2, 0.25) is 0 Å². The topological polar surface area (TPSA) is 29.5 Å². The van der Waals surface area contributed by atoms with Gasteiger partial charge >= 0.3 is 0 Å². The fraction of sp³-hybridized carbons (Fsp3) is 0.417. The Labute approximate surface area is 89.7 Å². The van der Waals surface area contributed by atoms with E-state index in [1.807, 2.05) is 29.2 Å². The summed E-state index contributed by atoms with van der Waals surface area (Å²) in [4.78, 5) is 13.6. The average Bonchev–Trinajstić information content (AvgIpc) is 2.56. The van der Waals surface area contributed by atoms with Crippen LogP contribution >= 0.6 is 0 Å². The first-order chi connectivity index (χ1) is 7.33. The van der Waals surface area contributed by atoms with Crippen molar-refractivity contribution in [1.82, 2.24) is 0 Å². The van der Waals surface area contributed by atoms with Crippen LogP contribution < -0.4 is 4.90 Å². The van der Waals surface area contributed by atoms with Crippen LogP contribution in [-0.2, 0) is 16.0 Å². The number of benzene rings is 1. The molecule has 1 amide bonds. The van der Waals surface area contributed by atoms with Crippen molar-refractivity contribution in [3.63, 3.8) is 0 Å². The number of nitrogens with zero attached hydrogens (tertiary/aromatic N) is 1. The Balaban J connectivity index is 2.08. The molecule has 0 aliphatic carbocycles. The molecule has 1 aliphatic heterocycles. The van der Waals surface area contributed by atoms with Gasteiger partial charge in [-0.3, -0.25) is 4.79 Å². The number of hydrogen-bond acceptors (Lipinski definition) is 2. The minimum atomic E-state index is 0.201. The van der Waals surface area contributed by atoms with Gasteiger partial charge in [-0.05, 0) is 18.1 Å². The minimum absolute atomic E-state index is 0.201. The fourth-order valence-corrected chi connectivity index (χ4v) is 1.93. The molecule has 0 saturated heterocycles. The molecule has 1 aromatic carbocycles. The van der Waals surface area contributed by atoms with Gasteiger partial charge in [-0.2, -0.15) is 0 Å². The SMILES string of the molecule is COCCCN1C(=O)Cc2ccccc21. The van der Waals surface area contributed by atoms with Gasteiger partial charge in [0.15, 0.2) is 0 Å². The van der Waals surface area contributed by atoms with Crippen molar-refractivity contribution in [3.05, 3.63) is 29.8 Å². The summed E-state index contributed by atoms with van der Waals surface area (Å²) in [5, 5.41) is 0. The predicted octanol–water partition coefficient (Wildman–Crippen LogP) is 1.61. The third-order valence-corrected chi connectivity index (χ3v) is 2.66. The van der Waals surface area contributed by atoms with Crippen LogP contribution in [-0.4, -0.2) is 26.2 Å². The summed E-state index contributed by atoms with van der Waals surface area (Å²) >= 11 is 0. The van der Waals surface area contributed by atoms with Gasteiger partial charge in [0.25, 0.3) is 0 Å². The van der Waals surface area contributed by atoms with Gasteiger partial charge in [0.1, 0.15) is 0 Å². The summed E-state index contributed by atoms with van der Waals surface area (Å²) in [6.07, 6.45) is 1.43. The normalized spacial score (nSPS) is 14.5. The monoisotopic (exact) mass is 205 g/mol. The molecule has 0 spiro atoms. The van der Waals surface area contributed by atoms with Crippen LogP contribution in [0.3, 0.4) is 0 Å². The second-order valence-corrected chi connectivity index (χ2v) is 3.70. The van der Waals surface area contributed by atoms with Crippen LogP contribution in [0.5, 0.6) is 0 Å². The molecule has 1 heterocycles. The maximum Gasteiger partial charge on any atom is 0.231 e. The highest BCUT2D eigenvalue weighted by atomic mass is 16.5. The maximum absolute atomic E-state index is 11.7. The van der Waals surface area contributed by atoms with Crippen LogP contribution in [0, 0.1) is 0 Å². The highest BCUT2D eigenvalue weighted by Crippen LogP contribution is 2.28. The number of rotatable bonds is 4. The summed E-state index contributed by atoms with van der Waals surface area (Å²) in [6.45, 7) is 1.45. The third-order valence-electron chi connectivity index (χ3n) is 2.66. The van der Waals surface area contributed by atoms with Crippen LogP contribution in [0.15, 0.2) is 24.3 Å². The summed E-state index contributed by atoms with van der Waals surface area (Å²) in [6, 6.07) is 7.97. The van der Waals surface area contributed by atoms with Crippen molar-refractivity contribution < 1.29 is 9.53 Å². The molecule has 3 nitrogen and oxygen atoms in total. The van der Waals surface area contributed by atoms with Crippen LogP contribution in [0.1, 0.15) is 12.0 Å². The lowest BCUT2D eigenvalue weighted by Gasteiger charge is -2.16. The van der Waals surface area contributed by atoms with Crippen molar-refractivity contribution in [2.24, 2.45) is 0 Å². The van der Waals surface area contributed by atoms with E-state index in [0.717, 1.165) is 24.2 Å². The van der Waals surface area contributed by atoms with Crippen LogP contribution in [0.4, 0.5) is 5.69 Å². The zero-order chi connectivity index (χ0) is 10.7. The fourth-order valence-electron chi connectivity index (χ4n) is 1.93. The number of fused-ring (bicyclic) bond motifs is 1. The number of amides is 1. The molecule has 0 N–H and O–H groups in total. The first-order valence-corrected chi connectivity index (χ1v) is 5.20. The van der Waals surface area contributed by atoms with E-state index < -0.39 is 0 Å². The molecule has 0 bridgehead atoms. The second kappa shape index (κ2) is 4.45. The lowest BCUT2D eigenvalue weighted by molar-refractivity contribution is -0.117. The highest BCUT2D eigenvalue weighted by Gasteiger charge is 2.25. The third kappa shape index (κ3) is 2.02. The number of methoxy groups -OCH3 is 1. The molecule has 0 radical (unpaired) electrons. The van der Waals surface area contributed by atoms with Gasteiger partial charge in [-0.1, -0.05) is 18.2 Å². The van der Waals surface area contributed by atoms with E-state index in [4.69, 9.17) is 4.74 Å². The quantitative estimate of drug-likeness (QED) is 0.699. The Morgan fingerprint density at radius 3 is 3.00 bits per heavy atom. The molecule has 0 atom stereocenters. The summed E-state index contributed by atoms with van der Waals surface area (Å²) < 4.78 is 4.99.